The molecule has 0 amide bonds. The predicted molar refractivity (Wildman–Crippen MR) is 83.2 cm³/mol. The van der Waals surface area contributed by atoms with Crippen molar-refractivity contribution >= 4 is 21.6 Å². The first-order valence-corrected chi connectivity index (χ1v) is 7.21. The zero-order valence-electron chi connectivity index (χ0n) is 11.4. The van der Waals surface area contributed by atoms with E-state index in [1.54, 1.807) is 11.0 Å². The van der Waals surface area contributed by atoms with Gasteiger partial charge in [-0.2, -0.15) is 0 Å². The second-order valence-corrected chi connectivity index (χ2v) is 5.37. The Bertz CT molecular complexity index is 741. The number of pyridine rings is 1. The van der Waals surface area contributed by atoms with E-state index < -0.39 is 0 Å². The van der Waals surface area contributed by atoms with Crippen molar-refractivity contribution in [1.29, 1.82) is 0 Å². The van der Waals surface area contributed by atoms with Gasteiger partial charge in [-0.25, -0.2) is 9.67 Å². The van der Waals surface area contributed by atoms with Gasteiger partial charge in [0.25, 0.3) is 0 Å². The van der Waals surface area contributed by atoms with Crippen LogP contribution < -0.4 is 5.32 Å². The lowest BCUT2D eigenvalue weighted by atomic mass is 10.2. The molecule has 21 heavy (non-hydrogen) atoms. The van der Waals surface area contributed by atoms with E-state index in [1.165, 1.54) is 0 Å². The SMILES string of the molecule is Cc1ccc(NCc2cccc(Br)n2)cc1-n1cnnn1. The molecule has 2 aromatic heterocycles. The van der Waals surface area contributed by atoms with Crippen molar-refractivity contribution in [2.75, 3.05) is 5.32 Å². The first kappa shape index (κ1) is 13.7. The number of hydrogen-bond acceptors (Lipinski definition) is 5. The van der Waals surface area contributed by atoms with Crippen molar-refractivity contribution in [3.05, 3.63) is 58.6 Å². The van der Waals surface area contributed by atoms with Gasteiger partial charge in [0.2, 0.25) is 0 Å². The molecule has 0 atom stereocenters. The van der Waals surface area contributed by atoms with E-state index in [-0.39, 0.29) is 0 Å². The highest BCUT2D eigenvalue weighted by molar-refractivity contribution is 9.10. The van der Waals surface area contributed by atoms with Gasteiger partial charge in [0.05, 0.1) is 17.9 Å². The van der Waals surface area contributed by atoms with Gasteiger partial charge in [-0.05, 0) is 63.1 Å². The van der Waals surface area contributed by atoms with Crippen LogP contribution in [0.3, 0.4) is 0 Å². The molecule has 0 radical (unpaired) electrons. The van der Waals surface area contributed by atoms with Gasteiger partial charge in [-0.3, -0.25) is 0 Å². The monoisotopic (exact) mass is 344 g/mol. The summed E-state index contributed by atoms with van der Waals surface area (Å²) in [4.78, 5) is 4.39. The maximum absolute atomic E-state index is 4.39. The maximum atomic E-state index is 4.39. The molecule has 7 heteroatoms. The van der Waals surface area contributed by atoms with Crippen molar-refractivity contribution < 1.29 is 0 Å². The number of anilines is 1. The maximum Gasteiger partial charge on any atom is 0.143 e. The van der Waals surface area contributed by atoms with Gasteiger partial charge in [0.15, 0.2) is 0 Å². The molecule has 3 aromatic rings. The van der Waals surface area contributed by atoms with Crippen LogP contribution >= 0.6 is 15.9 Å². The number of hydrogen-bond donors (Lipinski definition) is 1. The van der Waals surface area contributed by atoms with E-state index in [0.29, 0.717) is 6.54 Å². The largest absolute Gasteiger partial charge is 0.379 e. The van der Waals surface area contributed by atoms with E-state index in [1.807, 2.05) is 43.3 Å². The van der Waals surface area contributed by atoms with Gasteiger partial charge < -0.3 is 5.32 Å². The van der Waals surface area contributed by atoms with Gasteiger partial charge in [-0.1, -0.05) is 12.1 Å². The minimum atomic E-state index is 0.650. The van der Waals surface area contributed by atoms with Crippen LogP contribution in [0.25, 0.3) is 5.69 Å². The van der Waals surface area contributed by atoms with Crippen LogP contribution in [0.15, 0.2) is 47.3 Å². The van der Waals surface area contributed by atoms with Crippen LogP contribution in [0.5, 0.6) is 0 Å². The number of aryl methyl sites for hydroxylation is 1. The highest BCUT2D eigenvalue weighted by atomic mass is 79.9. The summed E-state index contributed by atoms with van der Waals surface area (Å²) in [6.45, 7) is 2.67. The molecule has 1 N–H and O–H groups in total. The zero-order chi connectivity index (χ0) is 14.7. The number of halogens is 1. The third kappa shape index (κ3) is 3.25. The zero-order valence-corrected chi connectivity index (χ0v) is 12.9. The smallest absolute Gasteiger partial charge is 0.143 e. The first-order valence-electron chi connectivity index (χ1n) is 6.42. The summed E-state index contributed by atoms with van der Waals surface area (Å²) in [6, 6.07) is 11.9. The number of nitrogens with zero attached hydrogens (tertiary/aromatic N) is 5. The molecule has 3 rings (SSSR count). The molecule has 106 valence electrons. The summed E-state index contributed by atoms with van der Waals surface area (Å²) in [5.41, 5.74) is 4.02. The summed E-state index contributed by atoms with van der Waals surface area (Å²) in [6.07, 6.45) is 1.59. The van der Waals surface area contributed by atoms with Crippen LogP contribution in [0.1, 0.15) is 11.3 Å². The Balaban J connectivity index is 1.79. The lowest BCUT2D eigenvalue weighted by Gasteiger charge is -2.10. The molecule has 2 heterocycles. The lowest BCUT2D eigenvalue weighted by Crippen LogP contribution is -2.04. The molecule has 0 fully saturated rings. The molecule has 0 spiro atoms. The standard InChI is InChI=1S/C14H13BrN6/c1-10-5-6-11(7-13(10)21-9-17-19-20-21)16-8-12-3-2-4-14(15)18-12/h2-7,9,16H,8H2,1H3. The topological polar surface area (TPSA) is 68.5 Å². The molecular weight excluding hydrogens is 332 g/mol. The first-order chi connectivity index (χ1) is 10.2. The van der Waals surface area contributed by atoms with Crippen molar-refractivity contribution in [3.63, 3.8) is 0 Å². The summed E-state index contributed by atoms with van der Waals surface area (Å²) in [5, 5.41) is 14.6. The van der Waals surface area contributed by atoms with E-state index in [4.69, 9.17) is 0 Å². The number of rotatable bonds is 4. The second-order valence-electron chi connectivity index (χ2n) is 4.56. The van der Waals surface area contributed by atoms with Crippen LogP contribution in [0.2, 0.25) is 0 Å². The summed E-state index contributed by atoms with van der Waals surface area (Å²) >= 11 is 3.37. The molecule has 1 aromatic carbocycles. The van der Waals surface area contributed by atoms with Crippen LogP contribution in [0.4, 0.5) is 5.69 Å². The lowest BCUT2D eigenvalue weighted by molar-refractivity contribution is 0.785. The minimum Gasteiger partial charge on any atom is -0.379 e. The van der Waals surface area contributed by atoms with E-state index in [2.05, 4.69) is 41.8 Å². The van der Waals surface area contributed by atoms with Gasteiger partial charge in [0.1, 0.15) is 10.9 Å². The minimum absolute atomic E-state index is 0.650. The average Bonchev–Trinajstić information content (AvgIpc) is 3.00. The third-order valence-corrected chi connectivity index (χ3v) is 3.49. The van der Waals surface area contributed by atoms with Crippen LogP contribution in [0, 0.1) is 6.92 Å². The number of nitrogens with one attached hydrogen (secondary N) is 1. The molecule has 0 aliphatic rings. The molecule has 0 unspecified atom stereocenters. The Kier molecular flexibility index (Phi) is 3.92. The Hall–Kier alpha value is -2.28. The molecule has 6 nitrogen and oxygen atoms in total. The average molecular weight is 345 g/mol. The fourth-order valence-electron chi connectivity index (χ4n) is 1.98. The summed E-state index contributed by atoms with van der Waals surface area (Å²) in [5.74, 6) is 0. The molecule has 0 aliphatic carbocycles. The fraction of sp³-hybridized carbons (Fsp3) is 0.143. The molecular formula is C14H13BrN6. The summed E-state index contributed by atoms with van der Waals surface area (Å²) in [7, 11) is 0. The quantitative estimate of drug-likeness (QED) is 0.737. The molecule has 0 saturated heterocycles. The van der Waals surface area contributed by atoms with E-state index in [9.17, 15) is 0 Å². The van der Waals surface area contributed by atoms with Crippen LogP contribution in [-0.2, 0) is 6.54 Å². The van der Waals surface area contributed by atoms with Crippen molar-refractivity contribution in [2.45, 2.75) is 13.5 Å². The highest BCUT2D eigenvalue weighted by Gasteiger charge is 2.04. The predicted octanol–water partition coefficient (Wildman–Crippen LogP) is 2.74. The van der Waals surface area contributed by atoms with Crippen molar-refractivity contribution in [2.24, 2.45) is 0 Å². The summed E-state index contributed by atoms with van der Waals surface area (Å²) < 4.78 is 2.48. The Labute approximate surface area is 130 Å². The Morgan fingerprint density at radius 3 is 2.90 bits per heavy atom. The van der Waals surface area contributed by atoms with E-state index >= 15 is 0 Å². The highest BCUT2D eigenvalue weighted by Crippen LogP contribution is 2.19. The fourth-order valence-corrected chi connectivity index (χ4v) is 2.36. The third-order valence-electron chi connectivity index (χ3n) is 3.05. The molecule has 0 saturated carbocycles. The van der Waals surface area contributed by atoms with Crippen LogP contribution in [-0.4, -0.2) is 25.2 Å². The Morgan fingerprint density at radius 2 is 2.14 bits per heavy atom. The second kappa shape index (κ2) is 6.01. The normalized spacial score (nSPS) is 10.6. The van der Waals surface area contributed by atoms with Gasteiger partial charge in [-0.15, -0.1) is 5.10 Å². The Morgan fingerprint density at radius 1 is 1.24 bits per heavy atom. The van der Waals surface area contributed by atoms with Gasteiger partial charge >= 0.3 is 0 Å². The number of benzene rings is 1. The number of aromatic nitrogens is 5. The molecule has 0 bridgehead atoms. The van der Waals surface area contributed by atoms with Crippen molar-refractivity contribution in [3.8, 4) is 5.69 Å². The number of tetrazole rings is 1. The molecule has 0 aliphatic heterocycles. The van der Waals surface area contributed by atoms with Crippen molar-refractivity contribution in [1.82, 2.24) is 25.2 Å². The van der Waals surface area contributed by atoms with E-state index in [0.717, 1.165) is 27.2 Å². The van der Waals surface area contributed by atoms with Gasteiger partial charge in [0, 0.05) is 5.69 Å².